The van der Waals surface area contributed by atoms with Crippen molar-refractivity contribution in [2.75, 3.05) is 13.7 Å². The molecule has 1 aliphatic carbocycles. The monoisotopic (exact) mass is 222 g/mol. The number of hydrogen-bond acceptors (Lipinski definition) is 4. The van der Waals surface area contributed by atoms with Crippen LogP contribution >= 0.6 is 0 Å². The first-order valence-corrected chi connectivity index (χ1v) is 5.24. The molecule has 0 aromatic heterocycles. The van der Waals surface area contributed by atoms with Gasteiger partial charge in [0.2, 0.25) is 5.75 Å². The zero-order valence-corrected chi connectivity index (χ0v) is 9.10. The van der Waals surface area contributed by atoms with Crippen LogP contribution in [0.5, 0.6) is 17.2 Å². The molecule has 0 aliphatic heterocycles. The van der Waals surface area contributed by atoms with Crippen LogP contribution in [0.25, 0.3) is 0 Å². The third-order valence-electron chi connectivity index (χ3n) is 2.63. The number of phenolic OH excluding ortho intramolecular Hbond substituents is 1. The van der Waals surface area contributed by atoms with Gasteiger partial charge in [-0.3, -0.25) is 4.79 Å². The van der Waals surface area contributed by atoms with E-state index in [0.717, 1.165) is 0 Å². The van der Waals surface area contributed by atoms with Crippen LogP contribution in [-0.4, -0.2) is 25.1 Å². The van der Waals surface area contributed by atoms with Gasteiger partial charge in [-0.15, -0.1) is 0 Å². The van der Waals surface area contributed by atoms with Gasteiger partial charge in [-0.1, -0.05) is 0 Å². The number of methoxy groups -OCH3 is 1. The summed E-state index contributed by atoms with van der Waals surface area (Å²) in [5.74, 6) is 1.17. The number of hydrogen-bond donors (Lipinski definition) is 1. The Labute approximate surface area is 93.8 Å². The lowest BCUT2D eigenvalue weighted by Gasteiger charge is -2.12. The van der Waals surface area contributed by atoms with Crippen LogP contribution in [0.15, 0.2) is 12.1 Å². The van der Waals surface area contributed by atoms with E-state index in [4.69, 9.17) is 9.47 Å². The minimum absolute atomic E-state index is 0.161. The van der Waals surface area contributed by atoms with Gasteiger partial charge < -0.3 is 14.6 Å². The highest BCUT2D eigenvalue weighted by atomic mass is 16.5. The summed E-state index contributed by atoms with van der Waals surface area (Å²) in [4.78, 5) is 10.6. The molecule has 86 valence electrons. The molecule has 0 heterocycles. The van der Waals surface area contributed by atoms with E-state index in [1.54, 1.807) is 6.07 Å². The Balaban J connectivity index is 2.21. The zero-order chi connectivity index (χ0) is 11.5. The van der Waals surface area contributed by atoms with E-state index >= 15 is 0 Å². The normalized spacial score (nSPS) is 14.6. The molecule has 1 fully saturated rings. The van der Waals surface area contributed by atoms with Crippen LogP contribution < -0.4 is 9.47 Å². The van der Waals surface area contributed by atoms with Crippen molar-refractivity contribution in [1.29, 1.82) is 0 Å². The predicted molar refractivity (Wildman–Crippen MR) is 58.3 cm³/mol. The molecule has 1 N–H and O–H groups in total. The number of rotatable bonds is 5. The van der Waals surface area contributed by atoms with Crippen molar-refractivity contribution in [2.24, 2.45) is 5.92 Å². The third-order valence-corrected chi connectivity index (χ3v) is 2.63. The first-order chi connectivity index (χ1) is 7.76. The molecule has 1 aromatic rings. The third kappa shape index (κ3) is 2.10. The fourth-order valence-electron chi connectivity index (χ4n) is 1.47. The summed E-state index contributed by atoms with van der Waals surface area (Å²) in [6.45, 7) is 0.635. The van der Waals surface area contributed by atoms with E-state index in [1.165, 1.54) is 26.0 Å². The van der Waals surface area contributed by atoms with E-state index < -0.39 is 0 Å². The molecule has 4 nitrogen and oxygen atoms in total. The lowest BCUT2D eigenvalue weighted by Crippen LogP contribution is -2.01. The molecule has 0 spiro atoms. The summed E-state index contributed by atoms with van der Waals surface area (Å²) in [6, 6.07) is 3.16. The largest absolute Gasteiger partial charge is 0.504 e. The van der Waals surface area contributed by atoms with E-state index in [1.807, 2.05) is 0 Å². The van der Waals surface area contributed by atoms with E-state index in [9.17, 15) is 9.90 Å². The van der Waals surface area contributed by atoms with Crippen molar-refractivity contribution in [3.05, 3.63) is 17.7 Å². The lowest BCUT2D eigenvalue weighted by molar-refractivity contribution is 0.112. The topological polar surface area (TPSA) is 55.8 Å². The van der Waals surface area contributed by atoms with Crippen molar-refractivity contribution < 1.29 is 19.4 Å². The zero-order valence-electron chi connectivity index (χ0n) is 9.10. The molecule has 0 bridgehead atoms. The molecule has 2 rings (SSSR count). The van der Waals surface area contributed by atoms with Crippen molar-refractivity contribution in [2.45, 2.75) is 12.8 Å². The van der Waals surface area contributed by atoms with Gasteiger partial charge >= 0.3 is 0 Å². The Morgan fingerprint density at radius 3 is 2.81 bits per heavy atom. The summed E-state index contributed by atoms with van der Waals surface area (Å²) >= 11 is 0. The molecule has 1 aliphatic rings. The highest BCUT2D eigenvalue weighted by molar-refractivity contribution is 5.82. The van der Waals surface area contributed by atoms with E-state index in [0.29, 0.717) is 24.6 Å². The molecular weight excluding hydrogens is 208 g/mol. The van der Waals surface area contributed by atoms with Crippen LogP contribution in [0.3, 0.4) is 0 Å². The Bertz CT molecular complexity index is 396. The van der Waals surface area contributed by atoms with Crippen molar-refractivity contribution in [3.63, 3.8) is 0 Å². The van der Waals surface area contributed by atoms with Gasteiger partial charge in [-0.05, 0) is 30.9 Å². The van der Waals surface area contributed by atoms with E-state index in [-0.39, 0.29) is 17.1 Å². The Kier molecular flexibility index (Phi) is 2.99. The number of carbonyl (C=O) groups is 1. The van der Waals surface area contributed by atoms with Gasteiger partial charge in [0.15, 0.2) is 17.8 Å². The number of phenols is 1. The lowest BCUT2D eigenvalue weighted by atomic mass is 10.2. The molecule has 0 saturated heterocycles. The second-order valence-electron chi connectivity index (χ2n) is 3.91. The maximum Gasteiger partial charge on any atom is 0.203 e. The fraction of sp³-hybridized carbons (Fsp3) is 0.417. The molecule has 0 radical (unpaired) electrons. The molecule has 0 unspecified atom stereocenters. The Hall–Kier alpha value is -1.71. The summed E-state index contributed by atoms with van der Waals surface area (Å²) in [7, 11) is 1.44. The van der Waals surface area contributed by atoms with Crippen LogP contribution in [0.4, 0.5) is 0 Å². The predicted octanol–water partition coefficient (Wildman–Crippen LogP) is 2.00. The number of carbonyl (C=O) groups excluding carboxylic acids is 1. The molecule has 1 saturated carbocycles. The number of ether oxygens (including phenoxy) is 2. The summed E-state index contributed by atoms with van der Waals surface area (Å²) in [6.07, 6.45) is 2.98. The van der Waals surface area contributed by atoms with Crippen LogP contribution in [0.2, 0.25) is 0 Å². The minimum atomic E-state index is -0.161. The maximum absolute atomic E-state index is 10.6. The van der Waals surface area contributed by atoms with Gasteiger partial charge in [-0.2, -0.15) is 0 Å². The first-order valence-electron chi connectivity index (χ1n) is 5.24. The molecule has 0 atom stereocenters. The van der Waals surface area contributed by atoms with Crippen LogP contribution in [0.1, 0.15) is 23.2 Å². The summed E-state index contributed by atoms with van der Waals surface area (Å²) < 4.78 is 10.6. The maximum atomic E-state index is 10.6. The fourth-order valence-corrected chi connectivity index (χ4v) is 1.47. The summed E-state index contributed by atoms with van der Waals surface area (Å²) in [5, 5.41) is 9.71. The van der Waals surface area contributed by atoms with Gasteiger partial charge in [0, 0.05) is 0 Å². The smallest absolute Gasteiger partial charge is 0.203 e. The number of aldehydes is 1. The van der Waals surface area contributed by atoms with Gasteiger partial charge in [0.1, 0.15) is 0 Å². The number of aromatic hydroxyl groups is 1. The second kappa shape index (κ2) is 4.43. The minimum Gasteiger partial charge on any atom is -0.504 e. The van der Waals surface area contributed by atoms with Crippen molar-refractivity contribution >= 4 is 6.29 Å². The highest BCUT2D eigenvalue weighted by Crippen LogP contribution is 2.39. The molecular formula is C12H14O4. The second-order valence-corrected chi connectivity index (χ2v) is 3.91. The summed E-state index contributed by atoms with van der Waals surface area (Å²) in [5.41, 5.74) is 0.204. The first kappa shape index (κ1) is 10.8. The molecule has 16 heavy (non-hydrogen) atoms. The van der Waals surface area contributed by atoms with Gasteiger partial charge in [-0.25, -0.2) is 0 Å². The SMILES string of the molecule is COc1c(OCC2CC2)ccc(C=O)c1O. The molecule has 1 aromatic carbocycles. The average Bonchev–Trinajstić information content (AvgIpc) is 3.10. The highest BCUT2D eigenvalue weighted by Gasteiger charge is 2.23. The standard InChI is InChI=1S/C12H14O4/c1-15-12-10(16-7-8-2-3-8)5-4-9(6-13)11(12)14/h4-6,8,14H,2-3,7H2,1H3. The van der Waals surface area contributed by atoms with Crippen LogP contribution in [0, 0.1) is 5.92 Å². The Morgan fingerprint density at radius 1 is 1.50 bits per heavy atom. The van der Waals surface area contributed by atoms with E-state index in [2.05, 4.69) is 0 Å². The van der Waals surface area contributed by atoms with Crippen molar-refractivity contribution in [1.82, 2.24) is 0 Å². The van der Waals surface area contributed by atoms with Crippen LogP contribution in [-0.2, 0) is 0 Å². The Morgan fingerprint density at radius 2 is 2.25 bits per heavy atom. The quantitative estimate of drug-likeness (QED) is 0.774. The molecule has 4 heteroatoms. The van der Waals surface area contributed by atoms with Crippen molar-refractivity contribution in [3.8, 4) is 17.2 Å². The van der Waals surface area contributed by atoms with Gasteiger partial charge in [0.05, 0.1) is 19.3 Å². The molecule has 0 amide bonds. The average molecular weight is 222 g/mol. The van der Waals surface area contributed by atoms with Gasteiger partial charge in [0.25, 0.3) is 0 Å². The number of benzene rings is 1.